The molecule has 0 saturated heterocycles. The lowest BCUT2D eigenvalue weighted by Crippen LogP contribution is -2.17. The number of nitrogens with zero attached hydrogens (tertiary/aromatic N) is 2. The number of hydrogen-bond donors (Lipinski definition) is 1. The van der Waals surface area contributed by atoms with E-state index in [0.717, 1.165) is 27.8 Å². The first-order chi connectivity index (χ1) is 21.5. The number of hydrogen-bond acceptors (Lipinski definition) is 5. The largest absolute Gasteiger partial charge is 0.488 e. The summed E-state index contributed by atoms with van der Waals surface area (Å²) in [6, 6.07) is 33.2. The van der Waals surface area contributed by atoms with Crippen molar-refractivity contribution in [2.75, 3.05) is 0 Å². The number of halogens is 1. The van der Waals surface area contributed by atoms with E-state index >= 15 is 0 Å². The van der Waals surface area contributed by atoms with Gasteiger partial charge in [0.25, 0.3) is 0 Å². The number of fused-ring (bicyclic) bond motifs is 1. The highest BCUT2D eigenvalue weighted by Gasteiger charge is 2.13. The van der Waals surface area contributed by atoms with E-state index < -0.39 is 5.91 Å². The van der Waals surface area contributed by atoms with Gasteiger partial charge >= 0.3 is 5.91 Å². The van der Waals surface area contributed by atoms with Crippen molar-refractivity contribution in [3.8, 4) is 17.2 Å². The molecule has 1 N–H and O–H groups in total. The molecular weight excluding hydrogens is 557 g/mol. The van der Waals surface area contributed by atoms with E-state index in [1.165, 1.54) is 12.3 Å². The second-order valence-corrected chi connectivity index (χ2v) is 10.3. The molecule has 1 amide bonds. The first-order valence-corrected chi connectivity index (χ1v) is 14.1. The number of amides is 1. The summed E-state index contributed by atoms with van der Waals surface area (Å²) in [4.78, 5) is 12.8. The van der Waals surface area contributed by atoms with Crippen molar-refractivity contribution in [3.05, 3.63) is 149 Å². The number of benzene rings is 4. The van der Waals surface area contributed by atoms with Gasteiger partial charge in [0.05, 0.1) is 6.21 Å². The van der Waals surface area contributed by atoms with E-state index in [1.54, 1.807) is 36.4 Å². The standard InChI is InChI=1S/C36H30FN3O4/c1-24-11-12-25(2)40(24)28-14-16-29(17-15-28)42-23-30-18-20-35(44-30)36(41)39-38-21-32-31-9-5-3-7-26(31)13-19-34(32)43-22-27-8-4-6-10-33(27)37/h3-21H,22-23H2,1-2H3,(H,39,41)/b38-21+. The van der Waals surface area contributed by atoms with Gasteiger partial charge in [-0.15, -0.1) is 0 Å². The van der Waals surface area contributed by atoms with Gasteiger partial charge in [-0.3, -0.25) is 4.79 Å². The van der Waals surface area contributed by atoms with Gasteiger partial charge in [0.1, 0.15) is 36.3 Å². The number of hydrazone groups is 1. The maximum Gasteiger partial charge on any atom is 0.307 e. The molecule has 0 atom stereocenters. The predicted octanol–water partition coefficient (Wildman–Crippen LogP) is 7.90. The summed E-state index contributed by atoms with van der Waals surface area (Å²) in [6.45, 7) is 4.35. The summed E-state index contributed by atoms with van der Waals surface area (Å²) in [5, 5.41) is 6.02. The fourth-order valence-corrected chi connectivity index (χ4v) is 5.02. The third kappa shape index (κ3) is 6.24. The fourth-order valence-electron chi connectivity index (χ4n) is 5.02. The first-order valence-electron chi connectivity index (χ1n) is 14.1. The average molecular weight is 588 g/mol. The molecule has 2 aromatic heterocycles. The predicted molar refractivity (Wildman–Crippen MR) is 168 cm³/mol. The molecule has 0 aliphatic carbocycles. The number of carbonyl (C=O) groups excluding carboxylic acids is 1. The molecule has 6 aromatic rings. The van der Waals surface area contributed by atoms with Gasteiger partial charge in [0.15, 0.2) is 5.76 Å². The molecule has 6 rings (SSSR count). The molecule has 0 fully saturated rings. The summed E-state index contributed by atoms with van der Waals surface area (Å²) in [5.74, 6) is 0.945. The van der Waals surface area contributed by atoms with Crippen molar-refractivity contribution in [1.29, 1.82) is 0 Å². The lowest BCUT2D eigenvalue weighted by molar-refractivity contribution is 0.0923. The lowest BCUT2D eigenvalue weighted by atomic mass is 10.0. The Balaban J connectivity index is 1.10. The quantitative estimate of drug-likeness (QED) is 0.131. The smallest absolute Gasteiger partial charge is 0.307 e. The minimum absolute atomic E-state index is 0.0477. The number of aromatic nitrogens is 1. The third-order valence-corrected chi connectivity index (χ3v) is 7.26. The molecule has 44 heavy (non-hydrogen) atoms. The Kier molecular flexibility index (Phi) is 8.23. The van der Waals surface area contributed by atoms with Crippen LogP contribution in [0, 0.1) is 19.7 Å². The van der Waals surface area contributed by atoms with Gasteiger partial charge in [-0.25, -0.2) is 9.82 Å². The van der Waals surface area contributed by atoms with Crippen LogP contribution in [0.25, 0.3) is 16.5 Å². The van der Waals surface area contributed by atoms with Crippen LogP contribution in [0.4, 0.5) is 4.39 Å². The second kappa shape index (κ2) is 12.7. The monoisotopic (exact) mass is 587 g/mol. The minimum Gasteiger partial charge on any atom is -0.488 e. The Morgan fingerprint density at radius 3 is 2.39 bits per heavy atom. The molecule has 0 aliphatic heterocycles. The van der Waals surface area contributed by atoms with Crippen molar-refractivity contribution in [2.45, 2.75) is 27.1 Å². The molecule has 0 bridgehead atoms. The maximum absolute atomic E-state index is 14.2. The van der Waals surface area contributed by atoms with Crippen LogP contribution in [0.3, 0.4) is 0 Å². The van der Waals surface area contributed by atoms with Gasteiger partial charge < -0.3 is 18.5 Å². The van der Waals surface area contributed by atoms with Crippen molar-refractivity contribution in [2.24, 2.45) is 5.10 Å². The summed E-state index contributed by atoms with van der Waals surface area (Å²) in [5.41, 5.74) is 6.99. The minimum atomic E-state index is -0.511. The zero-order valence-corrected chi connectivity index (χ0v) is 24.3. The number of furan rings is 1. The highest BCUT2D eigenvalue weighted by Crippen LogP contribution is 2.28. The Morgan fingerprint density at radius 1 is 0.841 bits per heavy atom. The van der Waals surface area contributed by atoms with Crippen molar-refractivity contribution < 1.29 is 23.1 Å². The molecular formula is C36H30FN3O4. The SMILES string of the molecule is Cc1ccc(C)n1-c1ccc(OCc2ccc(C(=O)N/N=C/c3c(OCc4ccccc4F)ccc4ccccc34)o2)cc1. The summed E-state index contributed by atoms with van der Waals surface area (Å²) < 4.78 is 33.9. The molecule has 0 unspecified atom stereocenters. The van der Waals surface area contributed by atoms with Gasteiger partial charge in [-0.1, -0.05) is 48.5 Å². The van der Waals surface area contributed by atoms with Gasteiger partial charge in [0.2, 0.25) is 0 Å². The summed E-state index contributed by atoms with van der Waals surface area (Å²) in [6.07, 6.45) is 1.52. The van der Waals surface area contributed by atoms with Crippen molar-refractivity contribution >= 4 is 22.9 Å². The summed E-state index contributed by atoms with van der Waals surface area (Å²) in [7, 11) is 0. The van der Waals surface area contributed by atoms with Crippen LogP contribution in [-0.4, -0.2) is 16.7 Å². The zero-order chi connectivity index (χ0) is 30.5. The van der Waals surface area contributed by atoms with E-state index in [4.69, 9.17) is 13.9 Å². The van der Waals surface area contributed by atoms with E-state index in [2.05, 4.69) is 41.1 Å². The van der Waals surface area contributed by atoms with Crippen LogP contribution < -0.4 is 14.9 Å². The summed E-state index contributed by atoms with van der Waals surface area (Å²) >= 11 is 0. The molecule has 0 radical (unpaired) electrons. The molecule has 4 aromatic carbocycles. The Morgan fingerprint density at radius 2 is 1.59 bits per heavy atom. The van der Waals surface area contributed by atoms with Crippen molar-refractivity contribution in [1.82, 2.24) is 9.99 Å². The van der Waals surface area contributed by atoms with Gasteiger partial charge in [-0.05, 0) is 85.3 Å². The third-order valence-electron chi connectivity index (χ3n) is 7.26. The normalized spacial score (nSPS) is 11.2. The second-order valence-electron chi connectivity index (χ2n) is 10.3. The van der Waals surface area contributed by atoms with Crippen LogP contribution in [-0.2, 0) is 13.2 Å². The number of rotatable bonds is 10. The van der Waals surface area contributed by atoms with Crippen LogP contribution in [0.5, 0.6) is 11.5 Å². The van der Waals surface area contributed by atoms with E-state index in [0.29, 0.717) is 28.4 Å². The lowest BCUT2D eigenvalue weighted by Gasteiger charge is -2.12. The number of nitrogens with one attached hydrogen (secondary N) is 1. The van der Waals surface area contributed by atoms with Crippen LogP contribution in [0.2, 0.25) is 0 Å². The number of ether oxygens (including phenoxy) is 2. The van der Waals surface area contributed by atoms with E-state index in [-0.39, 0.29) is 24.8 Å². The zero-order valence-electron chi connectivity index (χ0n) is 24.3. The first kappa shape index (κ1) is 28.5. The van der Waals surface area contributed by atoms with Crippen molar-refractivity contribution in [3.63, 3.8) is 0 Å². The van der Waals surface area contributed by atoms with Crippen LogP contribution >= 0.6 is 0 Å². The molecule has 8 heteroatoms. The molecule has 0 spiro atoms. The van der Waals surface area contributed by atoms with Crippen LogP contribution in [0.15, 0.2) is 119 Å². The molecule has 220 valence electrons. The fraction of sp³-hybridized carbons (Fsp3) is 0.111. The Labute approximate surface area is 254 Å². The molecule has 0 aliphatic rings. The van der Waals surface area contributed by atoms with Gasteiger partial charge in [0, 0.05) is 28.2 Å². The Bertz CT molecular complexity index is 1940. The maximum atomic E-state index is 14.2. The number of carbonyl (C=O) groups is 1. The van der Waals surface area contributed by atoms with Crippen LogP contribution in [0.1, 0.15) is 38.8 Å². The molecule has 2 heterocycles. The highest BCUT2D eigenvalue weighted by molar-refractivity contribution is 6.03. The van der Waals surface area contributed by atoms with E-state index in [9.17, 15) is 9.18 Å². The Hall–Kier alpha value is -5.63. The molecule has 0 saturated carbocycles. The van der Waals surface area contributed by atoms with E-state index in [1.807, 2.05) is 54.6 Å². The number of aryl methyl sites for hydroxylation is 2. The highest BCUT2D eigenvalue weighted by atomic mass is 19.1. The molecule has 7 nitrogen and oxygen atoms in total. The average Bonchev–Trinajstić information content (AvgIpc) is 3.66. The van der Waals surface area contributed by atoms with Gasteiger partial charge in [-0.2, -0.15) is 5.10 Å². The topological polar surface area (TPSA) is 78.0 Å².